The summed E-state index contributed by atoms with van der Waals surface area (Å²) in [7, 11) is 0. The maximum absolute atomic E-state index is 14.7. The number of rotatable bonds is 7. The number of pyridine rings is 1. The van der Waals surface area contributed by atoms with Crippen LogP contribution in [0, 0.1) is 5.82 Å². The minimum absolute atomic E-state index is 0.0385. The van der Waals surface area contributed by atoms with Crippen LogP contribution >= 0.6 is 0 Å². The van der Waals surface area contributed by atoms with E-state index in [0.29, 0.717) is 5.56 Å². The molecule has 2 aliphatic heterocycles. The van der Waals surface area contributed by atoms with Gasteiger partial charge in [-0.3, -0.25) is 19.5 Å². The molecule has 240 valence electrons. The molecule has 0 bridgehead atoms. The van der Waals surface area contributed by atoms with Gasteiger partial charge in [-0.2, -0.15) is 0 Å². The molecule has 3 heterocycles. The third-order valence-corrected chi connectivity index (χ3v) is 7.91. The standard InChI is InChI=1S/C32H32FN5O8/c1-2-37-11-13-38(14-12-37)18-23-6-3-19-15-20(4-9-25(19)34-23)30(40)36-26-17-22(7-8-24(26)33)35-29(39)21-5-10-27-28(16-21)46-32(43,44)31(41,42)45-27/h3-10,15-17,41-44H,2,11-14,18H2,1H3,(H,35,39)(H,36,40). The lowest BCUT2D eigenvalue weighted by Crippen LogP contribution is -2.63. The highest BCUT2D eigenvalue weighted by atomic mass is 19.1. The Morgan fingerprint density at radius 3 is 2.20 bits per heavy atom. The van der Waals surface area contributed by atoms with E-state index in [4.69, 9.17) is 14.5 Å². The Bertz CT molecular complexity index is 1810. The number of anilines is 2. The zero-order valence-corrected chi connectivity index (χ0v) is 24.7. The molecule has 0 radical (unpaired) electrons. The molecule has 1 aromatic heterocycles. The Kier molecular flexibility index (Phi) is 8.33. The third kappa shape index (κ3) is 6.48. The highest BCUT2D eigenvalue weighted by Gasteiger charge is 2.57. The number of halogens is 1. The fourth-order valence-corrected chi connectivity index (χ4v) is 5.24. The average Bonchev–Trinajstić information content (AvgIpc) is 3.02. The second-order valence-electron chi connectivity index (χ2n) is 11.1. The summed E-state index contributed by atoms with van der Waals surface area (Å²) in [6.45, 7) is 8.01. The van der Waals surface area contributed by atoms with Crippen molar-refractivity contribution in [2.24, 2.45) is 0 Å². The maximum Gasteiger partial charge on any atom is 0.422 e. The molecule has 0 aliphatic carbocycles. The lowest BCUT2D eigenvalue weighted by atomic mass is 10.1. The van der Waals surface area contributed by atoms with E-state index < -0.39 is 29.6 Å². The topological polar surface area (TPSA) is 177 Å². The summed E-state index contributed by atoms with van der Waals surface area (Å²) in [5, 5.41) is 44.4. The van der Waals surface area contributed by atoms with Gasteiger partial charge < -0.3 is 45.4 Å². The predicted molar refractivity (Wildman–Crippen MR) is 163 cm³/mol. The Labute approximate surface area is 262 Å². The number of piperazine rings is 1. The number of aliphatic hydroxyl groups is 4. The van der Waals surface area contributed by atoms with Gasteiger partial charge in [0.05, 0.1) is 16.9 Å². The van der Waals surface area contributed by atoms with Crippen LogP contribution in [0.4, 0.5) is 15.8 Å². The Morgan fingerprint density at radius 1 is 0.804 bits per heavy atom. The van der Waals surface area contributed by atoms with Crippen LogP contribution in [-0.4, -0.2) is 91.7 Å². The van der Waals surface area contributed by atoms with Gasteiger partial charge in [0.1, 0.15) is 5.82 Å². The van der Waals surface area contributed by atoms with Crippen LogP contribution in [-0.2, 0) is 6.54 Å². The molecule has 6 rings (SSSR count). The first-order valence-electron chi connectivity index (χ1n) is 14.6. The summed E-state index contributed by atoms with van der Waals surface area (Å²) in [6, 6.07) is 16.0. The van der Waals surface area contributed by atoms with Crippen molar-refractivity contribution in [3.8, 4) is 11.5 Å². The molecule has 0 spiro atoms. The summed E-state index contributed by atoms with van der Waals surface area (Å²) in [5.74, 6) is -9.56. The molecule has 0 saturated carbocycles. The summed E-state index contributed by atoms with van der Waals surface area (Å²) in [4.78, 5) is 35.5. The van der Waals surface area contributed by atoms with Crippen molar-refractivity contribution in [2.75, 3.05) is 43.4 Å². The molecule has 3 aromatic carbocycles. The number of carbonyl (C=O) groups is 2. The predicted octanol–water partition coefficient (Wildman–Crippen LogP) is 2.06. The van der Waals surface area contributed by atoms with Crippen LogP contribution in [0.2, 0.25) is 0 Å². The molecule has 0 atom stereocenters. The normalized spacial score (nSPS) is 17.4. The number of hydrogen-bond donors (Lipinski definition) is 6. The summed E-state index contributed by atoms with van der Waals surface area (Å²) < 4.78 is 24.2. The van der Waals surface area contributed by atoms with Gasteiger partial charge in [-0.15, -0.1) is 0 Å². The largest absolute Gasteiger partial charge is 0.428 e. The van der Waals surface area contributed by atoms with Gasteiger partial charge in [0.2, 0.25) is 0 Å². The van der Waals surface area contributed by atoms with Crippen molar-refractivity contribution >= 4 is 34.1 Å². The lowest BCUT2D eigenvalue weighted by molar-refractivity contribution is -0.500. The quantitative estimate of drug-likeness (QED) is 0.164. The molecule has 2 amide bonds. The van der Waals surface area contributed by atoms with Gasteiger partial charge in [-0.25, -0.2) is 4.39 Å². The number of fused-ring (bicyclic) bond motifs is 2. The smallest absolute Gasteiger partial charge is 0.422 e. The van der Waals surface area contributed by atoms with Crippen LogP contribution < -0.4 is 20.1 Å². The van der Waals surface area contributed by atoms with E-state index >= 15 is 0 Å². The fourth-order valence-electron chi connectivity index (χ4n) is 5.24. The van der Waals surface area contributed by atoms with Gasteiger partial charge >= 0.3 is 11.9 Å². The Hall–Kier alpha value is -4.70. The van der Waals surface area contributed by atoms with Gasteiger partial charge in [-0.05, 0) is 67.2 Å². The number of likely N-dealkylation sites (N-methyl/N-ethyl adjacent to an activating group) is 1. The van der Waals surface area contributed by atoms with E-state index in [1.807, 2.05) is 12.1 Å². The minimum atomic E-state index is -3.51. The van der Waals surface area contributed by atoms with E-state index in [-0.39, 0.29) is 28.4 Å². The molecule has 1 fully saturated rings. The van der Waals surface area contributed by atoms with E-state index in [1.54, 1.807) is 18.2 Å². The van der Waals surface area contributed by atoms with Crippen molar-refractivity contribution in [1.82, 2.24) is 14.8 Å². The first-order chi connectivity index (χ1) is 21.9. The summed E-state index contributed by atoms with van der Waals surface area (Å²) >= 11 is 0. The minimum Gasteiger partial charge on any atom is -0.428 e. The molecule has 6 N–H and O–H groups in total. The zero-order chi connectivity index (χ0) is 32.6. The second kappa shape index (κ2) is 12.2. The highest BCUT2D eigenvalue weighted by molar-refractivity contribution is 6.07. The van der Waals surface area contributed by atoms with E-state index in [0.717, 1.165) is 74.1 Å². The van der Waals surface area contributed by atoms with Crippen LogP contribution in [0.1, 0.15) is 33.3 Å². The summed E-state index contributed by atoms with van der Waals surface area (Å²) in [5.41, 5.74) is 1.91. The van der Waals surface area contributed by atoms with Crippen molar-refractivity contribution in [2.45, 2.75) is 25.4 Å². The molecule has 4 aromatic rings. The second-order valence-corrected chi connectivity index (χ2v) is 11.1. The van der Waals surface area contributed by atoms with E-state index in [9.17, 15) is 34.4 Å². The van der Waals surface area contributed by atoms with Gasteiger partial charge in [0, 0.05) is 54.9 Å². The van der Waals surface area contributed by atoms with Gasteiger partial charge in [-0.1, -0.05) is 13.0 Å². The van der Waals surface area contributed by atoms with Crippen molar-refractivity contribution in [3.63, 3.8) is 0 Å². The van der Waals surface area contributed by atoms with E-state index in [2.05, 4.69) is 27.4 Å². The molecule has 2 aliphatic rings. The molecular weight excluding hydrogens is 601 g/mol. The highest BCUT2D eigenvalue weighted by Crippen LogP contribution is 2.40. The van der Waals surface area contributed by atoms with Gasteiger partial charge in [0.25, 0.3) is 11.8 Å². The molecular formula is C32H32FN5O8. The van der Waals surface area contributed by atoms with Crippen LogP contribution in [0.5, 0.6) is 11.5 Å². The number of carbonyl (C=O) groups excluding carboxylic acids is 2. The monoisotopic (exact) mass is 633 g/mol. The first kappa shape index (κ1) is 31.3. The number of aromatic nitrogens is 1. The Morgan fingerprint density at radius 2 is 1.46 bits per heavy atom. The zero-order valence-electron chi connectivity index (χ0n) is 24.7. The molecule has 1 saturated heterocycles. The number of amides is 2. The number of ether oxygens (including phenoxy) is 2. The van der Waals surface area contributed by atoms with Crippen molar-refractivity contribution in [3.05, 3.63) is 89.4 Å². The van der Waals surface area contributed by atoms with Crippen LogP contribution in [0.25, 0.3) is 10.9 Å². The average molecular weight is 634 g/mol. The Balaban J connectivity index is 1.11. The number of nitrogens with one attached hydrogen (secondary N) is 2. The number of nitrogens with zero attached hydrogens (tertiary/aromatic N) is 3. The summed E-state index contributed by atoms with van der Waals surface area (Å²) in [6.07, 6.45) is 0. The van der Waals surface area contributed by atoms with Crippen molar-refractivity contribution < 1.29 is 43.9 Å². The van der Waals surface area contributed by atoms with E-state index in [1.165, 1.54) is 18.2 Å². The lowest BCUT2D eigenvalue weighted by Gasteiger charge is -2.37. The van der Waals surface area contributed by atoms with Crippen LogP contribution in [0.3, 0.4) is 0 Å². The molecule has 46 heavy (non-hydrogen) atoms. The maximum atomic E-state index is 14.7. The number of hydrogen-bond acceptors (Lipinski definition) is 11. The fraction of sp³-hybridized carbons (Fsp3) is 0.281. The molecule has 13 nitrogen and oxygen atoms in total. The first-order valence-corrected chi connectivity index (χ1v) is 14.6. The van der Waals surface area contributed by atoms with Crippen molar-refractivity contribution in [1.29, 1.82) is 0 Å². The SMILES string of the molecule is CCN1CCN(Cc2ccc3cc(C(=O)Nc4cc(NC(=O)c5ccc6c(c5)OC(O)(O)C(O)(O)O6)ccc4F)ccc3n2)CC1. The van der Waals surface area contributed by atoms with Crippen LogP contribution in [0.15, 0.2) is 66.7 Å². The van der Waals surface area contributed by atoms with Gasteiger partial charge in [0.15, 0.2) is 11.5 Å². The number of benzene rings is 3. The molecule has 0 unspecified atom stereocenters. The molecule has 14 heteroatoms. The third-order valence-electron chi connectivity index (χ3n) is 7.91.